The summed E-state index contributed by atoms with van der Waals surface area (Å²) in [7, 11) is 3.13. The van der Waals surface area contributed by atoms with Crippen LogP contribution in [0.2, 0.25) is 0 Å². The Bertz CT molecular complexity index is 1720. The molecule has 11 heteroatoms. The van der Waals surface area contributed by atoms with Crippen LogP contribution in [0.15, 0.2) is 84.9 Å². The molecule has 4 aromatic rings. The molecule has 0 atom stereocenters. The molecule has 0 aromatic heterocycles. The number of halogens is 3. The molecule has 1 saturated heterocycles. The van der Waals surface area contributed by atoms with Crippen LogP contribution in [0.1, 0.15) is 34.3 Å². The van der Waals surface area contributed by atoms with Gasteiger partial charge in [0.25, 0.3) is 5.91 Å². The minimum atomic E-state index is -4.79. The van der Waals surface area contributed by atoms with Crippen molar-refractivity contribution in [3.8, 4) is 34.1 Å². The molecule has 2 amide bonds. The number of amides is 2. The number of hydrogen-bond donors (Lipinski definition) is 1. The SMILES string of the molecule is COc1ccc(CC(=O)N2CCC(Oc3cccc(NC(=O)c4cccc(C)c4-c4ccc(OC(F)(F)F)cc4)c3)CC2)cc1OC. The van der Waals surface area contributed by atoms with Crippen LogP contribution in [-0.4, -0.2) is 56.5 Å². The molecule has 0 bridgehead atoms. The Kier molecular flexibility index (Phi) is 10.2. The molecular formula is C36H35F3N2O6. The Morgan fingerprint density at radius 2 is 1.55 bits per heavy atom. The maximum atomic E-state index is 13.4. The molecule has 0 unspecified atom stereocenters. The second kappa shape index (κ2) is 14.5. The molecular weight excluding hydrogens is 613 g/mol. The highest BCUT2D eigenvalue weighted by Crippen LogP contribution is 2.32. The minimum Gasteiger partial charge on any atom is -0.493 e. The highest BCUT2D eigenvalue weighted by molar-refractivity contribution is 6.09. The molecule has 1 aliphatic heterocycles. The molecule has 1 fully saturated rings. The standard InChI is InChI=1S/C36H35F3N2O6/c1-23-6-4-9-30(34(23)25-11-13-28(14-12-25)47-36(37,38)39)35(43)40-26-7-5-8-29(22-26)46-27-16-18-41(19-17-27)33(42)21-24-10-15-31(44-2)32(20-24)45-3/h4-15,20,22,27H,16-19,21H2,1-3H3,(H,40,43). The molecule has 1 N–H and O–H groups in total. The molecule has 0 aliphatic carbocycles. The molecule has 4 aromatic carbocycles. The van der Waals surface area contributed by atoms with Crippen molar-refractivity contribution >= 4 is 17.5 Å². The second-order valence-electron chi connectivity index (χ2n) is 11.1. The topological polar surface area (TPSA) is 86.3 Å². The zero-order chi connectivity index (χ0) is 33.6. The maximum absolute atomic E-state index is 13.4. The lowest BCUT2D eigenvalue weighted by Crippen LogP contribution is -2.42. The zero-order valence-electron chi connectivity index (χ0n) is 26.2. The summed E-state index contributed by atoms with van der Waals surface area (Å²) >= 11 is 0. The number of benzene rings is 4. The monoisotopic (exact) mass is 648 g/mol. The van der Waals surface area contributed by atoms with Gasteiger partial charge < -0.3 is 29.2 Å². The maximum Gasteiger partial charge on any atom is 0.573 e. The van der Waals surface area contributed by atoms with Crippen LogP contribution in [0, 0.1) is 6.92 Å². The van der Waals surface area contributed by atoms with E-state index >= 15 is 0 Å². The predicted molar refractivity (Wildman–Crippen MR) is 171 cm³/mol. The summed E-state index contributed by atoms with van der Waals surface area (Å²) < 4.78 is 58.7. The second-order valence-corrected chi connectivity index (χ2v) is 11.1. The zero-order valence-corrected chi connectivity index (χ0v) is 26.2. The van der Waals surface area contributed by atoms with Crippen molar-refractivity contribution in [3.63, 3.8) is 0 Å². The van der Waals surface area contributed by atoms with Gasteiger partial charge in [-0.05, 0) is 71.6 Å². The predicted octanol–water partition coefficient (Wildman–Crippen LogP) is 7.44. The van der Waals surface area contributed by atoms with Gasteiger partial charge in [-0.2, -0.15) is 0 Å². The average Bonchev–Trinajstić information content (AvgIpc) is 3.05. The summed E-state index contributed by atoms with van der Waals surface area (Å²) in [6.07, 6.45) is -3.31. The third-order valence-corrected chi connectivity index (χ3v) is 7.89. The van der Waals surface area contributed by atoms with Crippen LogP contribution in [0.4, 0.5) is 18.9 Å². The van der Waals surface area contributed by atoms with E-state index in [9.17, 15) is 22.8 Å². The molecule has 0 saturated carbocycles. The Labute approximate surface area is 271 Å². The van der Waals surface area contributed by atoms with E-state index in [4.69, 9.17) is 14.2 Å². The summed E-state index contributed by atoms with van der Waals surface area (Å²) in [5.41, 5.74) is 3.70. The van der Waals surface area contributed by atoms with Gasteiger partial charge in [-0.1, -0.05) is 36.4 Å². The van der Waals surface area contributed by atoms with Crippen molar-refractivity contribution in [2.45, 2.75) is 38.7 Å². The Hall–Kier alpha value is -5.19. The first kappa shape index (κ1) is 33.2. The van der Waals surface area contributed by atoms with E-state index < -0.39 is 6.36 Å². The number of ether oxygens (including phenoxy) is 4. The first-order chi connectivity index (χ1) is 22.5. The van der Waals surface area contributed by atoms with Crippen LogP contribution in [-0.2, 0) is 11.2 Å². The summed E-state index contributed by atoms with van der Waals surface area (Å²) in [6.45, 7) is 2.95. The number of piperidine rings is 1. The number of carbonyl (C=O) groups excluding carboxylic acids is 2. The fourth-order valence-electron chi connectivity index (χ4n) is 5.60. The van der Waals surface area contributed by atoms with Crippen molar-refractivity contribution in [1.82, 2.24) is 4.90 Å². The lowest BCUT2D eigenvalue weighted by molar-refractivity contribution is -0.274. The number of methoxy groups -OCH3 is 2. The minimum absolute atomic E-state index is 0.0291. The van der Waals surface area contributed by atoms with Crippen molar-refractivity contribution in [2.24, 2.45) is 0 Å². The van der Waals surface area contributed by atoms with E-state index in [0.717, 1.165) is 11.1 Å². The lowest BCUT2D eigenvalue weighted by atomic mass is 9.94. The molecule has 0 spiro atoms. The molecule has 47 heavy (non-hydrogen) atoms. The fourth-order valence-corrected chi connectivity index (χ4v) is 5.60. The largest absolute Gasteiger partial charge is 0.573 e. The lowest BCUT2D eigenvalue weighted by Gasteiger charge is -2.32. The van der Waals surface area contributed by atoms with Crippen molar-refractivity contribution in [2.75, 3.05) is 32.6 Å². The number of alkyl halides is 3. The smallest absolute Gasteiger partial charge is 0.493 e. The Balaban J connectivity index is 1.19. The number of rotatable bonds is 10. The Morgan fingerprint density at radius 1 is 0.851 bits per heavy atom. The molecule has 5 rings (SSSR count). The first-order valence-corrected chi connectivity index (χ1v) is 15.1. The van der Waals surface area contributed by atoms with Crippen LogP contribution >= 0.6 is 0 Å². The summed E-state index contributed by atoms with van der Waals surface area (Å²) in [6, 6.07) is 23.2. The number of likely N-dealkylation sites (tertiary alicyclic amines) is 1. The number of anilines is 1. The van der Waals surface area contributed by atoms with E-state index in [0.29, 0.717) is 65.6 Å². The summed E-state index contributed by atoms with van der Waals surface area (Å²) in [5.74, 6) is 1.08. The van der Waals surface area contributed by atoms with E-state index in [2.05, 4.69) is 10.1 Å². The normalized spacial score (nSPS) is 13.5. The van der Waals surface area contributed by atoms with Gasteiger partial charge in [0, 0.05) is 43.2 Å². The highest BCUT2D eigenvalue weighted by Gasteiger charge is 2.31. The van der Waals surface area contributed by atoms with Gasteiger partial charge in [-0.3, -0.25) is 9.59 Å². The first-order valence-electron chi connectivity index (χ1n) is 15.1. The van der Waals surface area contributed by atoms with Gasteiger partial charge in [0.15, 0.2) is 11.5 Å². The van der Waals surface area contributed by atoms with Gasteiger partial charge in [0.2, 0.25) is 5.91 Å². The van der Waals surface area contributed by atoms with Crippen LogP contribution in [0.3, 0.4) is 0 Å². The van der Waals surface area contributed by atoms with Gasteiger partial charge >= 0.3 is 6.36 Å². The van der Waals surface area contributed by atoms with Crippen LogP contribution < -0.4 is 24.3 Å². The summed E-state index contributed by atoms with van der Waals surface area (Å²) in [5, 5.41) is 2.91. The fraction of sp³-hybridized carbons (Fsp3) is 0.278. The molecule has 0 radical (unpaired) electrons. The number of aryl methyl sites for hydroxylation is 1. The third-order valence-electron chi connectivity index (χ3n) is 7.89. The van der Waals surface area contributed by atoms with E-state index in [1.807, 2.05) is 36.1 Å². The molecule has 246 valence electrons. The molecule has 1 heterocycles. The van der Waals surface area contributed by atoms with Crippen LogP contribution in [0.25, 0.3) is 11.1 Å². The van der Waals surface area contributed by atoms with Crippen LogP contribution in [0.5, 0.6) is 23.0 Å². The average molecular weight is 649 g/mol. The molecule has 8 nitrogen and oxygen atoms in total. The van der Waals surface area contributed by atoms with Crippen molar-refractivity contribution in [1.29, 1.82) is 0 Å². The van der Waals surface area contributed by atoms with Gasteiger partial charge in [0.1, 0.15) is 17.6 Å². The van der Waals surface area contributed by atoms with Gasteiger partial charge in [-0.15, -0.1) is 13.2 Å². The number of nitrogens with zero attached hydrogens (tertiary/aromatic N) is 1. The van der Waals surface area contributed by atoms with E-state index in [1.54, 1.807) is 50.6 Å². The highest BCUT2D eigenvalue weighted by atomic mass is 19.4. The summed E-state index contributed by atoms with van der Waals surface area (Å²) in [4.78, 5) is 28.3. The van der Waals surface area contributed by atoms with Crippen molar-refractivity contribution < 1.29 is 41.7 Å². The number of carbonyl (C=O) groups is 2. The third kappa shape index (κ3) is 8.55. The van der Waals surface area contributed by atoms with E-state index in [-0.39, 0.29) is 30.1 Å². The van der Waals surface area contributed by atoms with Crippen molar-refractivity contribution in [3.05, 3.63) is 102 Å². The number of hydrogen-bond acceptors (Lipinski definition) is 6. The number of nitrogens with one attached hydrogen (secondary N) is 1. The van der Waals surface area contributed by atoms with Gasteiger partial charge in [0.05, 0.1) is 20.6 Å². The van der Waals surface area contributed by atoms with E-state index in [1.165, 1.54) is 24.3 Å². The quantitative estimate of drug-likeness (QED) is 0.192. The Morgan fingerprint density at radius 3 is 2.23 bits per heavy atom. The molecule has 1 aliphatic rings. The van der Waals surface area contributed by atoms with Gasteiger partial charge in [-0.25, -0.2) is 0 Å².